The molecule has 0 saturated heterocycles. The lowest BCUT2D eigenvalue weighted by Crippen LogP contribution is -2.29. The largest absolute Gasteiger partial charge is 0.355 e. The maximum Gasteiger partial charge on any atom is 0.263 e. The quantitative estimate of drug-likeness (QED) is 0.399. The smallest absolute Gasteiger partial charge is 0.263 e. The summed E-state index contributed by atoms with van der Waals surface area (Å²) < 4.78 is 15.0. The van der Waals surface area contributed by atoms with E-state index in [-0.39, 0.29) is 23.3 Å². The molecular weight excluding hydrogens is 445 g/mol. The fourth-order valence-electron chi connectivity index (χ4n) is 3.94. The first-order valence-corrected chi connectivity index (χ1v) is 11.3. The van der Waals surface area contributed by atoms with Crippen molar-refractivity contribution in [3.63, 3.8) is 0 Å². The number of benzene rings is 2. The van der Waals surface area contributed by atoms with Crippen LogP contribution in [-0.2, 0) is 11.8 Å². The zero-order chi connectivity index (χ0) is 24.8. The molecule has 1 amide bonds. The number of amides is 1. The van der Waals surface area contributed by atoms with Crippen LogP contribution in [0.5, 0.6) is 0 Å². The second-order valence-electron chi connectivity index (χ2n) is 8.15. The highest BCUT2D eigenvalue weighted by Crippen LogP contribution is 2.29. The molecule has 2 heterocycles. The van der Waals surface area contributed by atoms with Gasteiger partial charge in [-0.3, -0.25) is 19.1 Å². The van der Waals surface area contributed by atoms with E-state index < -0.39 is 0 Å². The Hall–Kier alpha value is -4.33. The Kier molecular flexibility index (Phi) is 7.30. The SMILES string of the molecule is CC(=O)NC(CCNc1nc(-c2ccncc2)c(-c2ccc(F)cc2)c(=O)n1C)c1ccccc1. The van der Waals surface area contributed by atoms with Gasteiger partial charge in [0.25, 0.3) is 5.56 Å². The predicted molar refractivity (Wildman–Crippen MR) is 134 cm³/mol. The molecule has 4 rings (SSSR count). The minimum absolute atomic E-state index is 0.118. The van der Waals surface area contributed by atoms with E-state index in [2.05, 4.69) is 15.6 Å². The molecule has 0 radical (unpaired) electrons. The fourth-order valence-corrected chi connectivity index (χ4v) is 3.94. The van der Waals surface area contributed by atoms with Crippen molar-refractivity contribution in [2.45, 2.75) is 19.4 Å². The number of carbonyl (C=O) groups excluding carboxylic acids is 1. The first-order valence-electron chi connectivity index (χ1n) is 11.3. The molecule has 0 spiro atoms. The molecule has 0 aliphatic rings. The Labute approximate surface area is 202 Å². The van der Waals surface area contributed by atoms with Crippen LogP contribution in [0, 0.1) is 5.82 Å². The fraction of sp³-hybridized carbons (Fsp3) is 0.185. The summed E-state index contributed by atoms with van der Waals surface area (Å²) in [7, 11) is 1.64. The van der Waals surface area contributed by atoms with E-state index in [0.717, 1.165) is 11.1 Å². The number of anilines is 1. The minimum Gasteiger partial charge on any atom is -0.355 e. The van der Waals surface area contributed by atoms with Crippen molar-refractivity contribution in [2.24, 2.45) is 7.05 Å². The van der Waals surface area contributed by atoms with Crippen molar-refractivity contribution in [1.29, 1.82) is 0 Å². The molecular formula is C27H26FN5O2. The number of hydrogen-bond acceptors (Lipinski definition) is 5. The zero-order valence-corrected chi connectivity index (χ0v) is 19.5. The maximum atomic E-state index is 13.5. The molecule has 8 heteroatoms. The predicted octanol–water partition coefficient (Wildman–Crippen LogP) is 4.33. The summed E-state index contributed by atoms with van der Waals surface area (Å²) in [5, 5.41) is 6.23. The van der Waals surface area contributed by atoms with Gasteiger partial charge in [0.1, 0.15) is 5.82 Å². The first-order chi connectivity index (χ1) is 16.9. The molecule has 0 fully saturated rings. The average Bonchev–Trinajstić information content (AvgIpc) is 2.87. The molecule has 2 aromatic heterocycles. The van der Waals surface area contributed by atoms with Crippen molar-refractivity contribution in [3.8, 4) is 22.4 Å². The summed E-state index contributed by atoms with van der Waals surface area (Å²) in [5.41, 5.74) is 2.89. The highest BCUT2D eigenvalue weighted by molar-refractivity contribution is 5.80. The summed E-state index contributed by atoms with van der Waals surface area (Å²) in [4.78, 5) is 34.0. The maximum absolute atomic E-state index is 13.5. The van der Waals surface area contributed by atoms with Crippen LogP contribution in [0.3, 0.4) is 0 Å². The Morgan fingerprint density at radius 1 is 1.00 bits per heavy atom. The monoisotopic (exact) mass is 471 g/mol. The normalized spacial score (nSPS) is 11.6. The van der Waals surface area contributed by atoms with Gasteiger partial charge in [0.15, 0.2) is 0 Å². The molecule has 178 valence electrons. The number of rotatable bonds is 8. The van der Waals surface area contributed by atoms with Gasteiger partial charge < -0.3 is 10.6 Å². The molecule has 0 saturated carbocycles. The summed E-state index contributed by atoms with van der Waals surface area (Å²) in [6.07, 6.45) is 3.85. The van der Waals surface area contributed by atoms with Crippen LogP contribution in [0.4, 0.5) is 10.3 Å². The minimum atomic E-state index is -0.380. The Morgan fingerprint density at radius 2 is 1.69 bits per heavy atom. The van der Waals surface area contributed by atoms with Gasteiger partial charge in [-0.15, -0.1) is 0 Å². The van der Waals surface area contributed by atoms with Crippen molar-refractivity contribution in [3.05, 3.63) is 101 Å². The van der Waals surface area contributed by atoms with E-state index >= 15 is 0 Å². The molecule has 4 aromatic rings. The number of nitrogens with zero attached hydrogens (tertiary/aromatic N) is 3. The molecule has 2 N–H and O–H groups in total. The van der Waals surface area contributed by atoms with E-state index in [4.69, 9.17) is 4.98 Å². The van der Waals surface area contributed by atoms with Crippen molar-refractivity contribution < 1.29 is 9.18 Å². The lowest BCUT2D eigenvalue weighted by molar-refractivity contribution is -0.119. The number of halogens is 1. The lowest BCUT2D eigenvalue weighted by atomic mass is 10.0. The van der Waals surface area contributed by atoms with Crippen molar-refractivity contribution in [1.82, 2.24) is 19.9 Å². The van der Waals surface area contributed by atoms with Gasteiger partial charge in [-0.25, -0.2) is 9.37 Å². The summed E-state index contributed by atoms with van der Waals surface area (Å²) in [6.45, 7) is 1.95. The second kappa shape index (κ2) is 10.7. The van der Waals surface area contributed by atoms with Gasteiger partial charge in [-0.2, -0.15) is 0 Å². The van der Waals surface area contributed by atoms with E-state index in [1.54, 1.807) is 43.7 Å². The highest BCUT2D eigenvalue weighted by Gasteiger charge is 2.19. The van der Waals surface area contributed by atoms with E-state index in [9.17, 15) is 14.0 Å². The topological polar surface area (TPSA) is 88.9 Å². The summed E-state index contributed by atoms with van der Waals surface area (Å²) in [5.74, 6) is -0.107. The molecule has 0 aliphatic carbocycles. The second-order valence-corrected chi connectivity index (χ2v) is 8.15. The van der Waals surface area contributed by atoms with Crippen LogP contribution in [0.25, 0.3) is 22.4 Å². The van der Waals surface area contributed by atoms with Gasteiger partial charge in [-0.05, 0) is 41.8 Å². The van der Waals surface area contributed by atoms with Gasteiger partial charge >= 0.3 is 0 Å². The molecule has 0 aliphatic heterocycles. The Bertz CT molecular complexity index is 1360. The third-order valence-corrected chi connectivity index (χ3v) is 5.67. The molecule has 1 unspecified atom stereocenters. The number of pyridine rings is 1. The van der Waals surface area contributed by atoms with Crippen molar-refractivity contribution >= 4 is 11.9 Å². The summed E-state index contributed by atoms with van der Waals surface area (Å²) in [6, 6.07) is 18.9. The summed E-state index contributed by atoms with van der Waals surface area (Å²) >= 11 is 0. The van der Waals surface area contributed by atoms with Crippen LogP contribution in [0.2, 0.25) is 0 Å². The van der Waals surface area contributed by atoms with Gasteiger partial charge in [0, 0.05) is 38.5 Å². The van der Waals surface area contributed by atoms with E-state index in [1.807, 2.05) is 30.3 Å². The van der Waals surface area contributed by atoms with Crippen LogP contribution in [0.1, 0.15) is 24.9 Å². The van der Waals surface area contributed by atoms with Crippen LogP contribution in [-0.4, -0.2) is 27.0 Å². The number of carbonyl (C=O) groups is 1. The molecule has 0 bridgehead atoms. The molecule has 2 aromatic carbocycles. The van der Waals surface area contributed by atoms with Gasteiger partial charge in [-0.1, -0.05) is 42.5 Å². The first kappa shape index (κ1) is 23.8. The van der Waals surface area contributed by atoms with Crippen LogP contribution >= 0.6 is 0 Å². The number of nitrogens with one attached hydrogen (secondary N) is 2. The van der Waals surface area contributed by atoms with Crippen LogP contribution in [0.15, 0.2) is 83.9 Å². The Morgan fingerprint density at radius 3 is 2.34 bits per heavy atom. The third-order valence-electron chi connectivity index (χ3n) is 5.67. The third kappa shape index (κ3) is 5.60. The van der Waals surface area contributed by atoms with Gasteiger partial charge in [0.2, 0.25) is 11.9 Å². The lowest BCUT2D eigenvalue weighted by Gasteiger charge is -2.20. The number of aromatic nitrogens is 3. The van der Waals surface area contributed by atoms with E-state index in [1.165, 1.54) is 23.6 Å². The Balaban J connectivity index is 1.67. The van der Waals surface area contributed by atoms with Crippen LogP contribution < -0.4 is 16.2 Å². The molecule has 7 nitrogen and oxygen atoms in total. The zero-order valence-electron chi connectivity index (χ0n) is 19.5. The van der Waals surface area contributed by atoms with E-state index in [0.29, 0.717) is 35.7 Å². The molecule has 1 atom stereocenters. The molecule has 35 heavy (non-hydrogen) atoms. The number of hydrogen-bond donors (Lipinski definition) is 2. The average molecular weight is 472 g/mol. The standard InChI is InChI=1S/C27H26FN5O2/c1-18(34)31-23(19-6-4-3-5-7-19)14-17-30-27-32-25(21-12-15-29-16-13-21)24(26(35)33(27)2)20-8-10-22(28)11-9-20/h3-13,15-16,23H,14,17H2,1-2H3,(H,30,32)(H,31,34). The van der Waals surface area contributed by atoms with Crippen molar-refractivity contribution in [2.75, 3.05) is 11.9 Å². The highest BCUT2D eigenvalue weighted by atomic mass is 19.1. The van der Waals surface area contributed by atoms with Gasteiger partial charge in [0.05, 0.1) is 17.3 Å².